The third kappa shape index (κ3) is 3.98. The van der Waals surface area contributed by atoms with Crippen molar-refractivity contribution in [3.63, 3.8) is 0 Å². The summed E-state index contributed by atoms with van der Waals surface area (Å²) in [7, 11) is 1.66. The molecule has 0 saturated carbocycles. The van der Waals surface area contributed by atoms with Gasteiger partial charge in [0, 0.05) is 31.4 Å². The summed E-state index contributed by atoms with van der Waals surface area (Å²) in [5.41, 5.74) is 2.45. The monoisotopic (exact) mass is 377 g/mol. The van der Waals surface area contributed by atoms with Crippen LogP contribution in [0.1, 0.15) is 23.3 Å². The molecule has 2 N–H and O–H groups in total. The van der Waals surface area contributed by atoms with Crippen LogP contribution in [-0.2, 0) is 0 Å². The number of ether oxygens (including phenoxy) is 1. The van der Waals surface area contributed by atoms with Crippen molar-refractivity contribution in [3.8, 4) is 17.0 Å². The van der Waals surface area contributed by atoms with Crippen molar-refractivity contribution in [2.24, 2.45) is 0 Å². The van der Waals surface area contributed by atoms with Gasteiger partial charge in [-0.05, 0) is 54.8 Å². The van der Waals surface area contributed by atoms with E-state index >= 15 is 0 Å². The molecule has 1 aliphatic rings. The molecule has 0 radical (unpaired) electrons. The number of aromatic nitrogens is 3. The molecule has 1 fully saturated rings. The number of amides is 1. The van der Waals surface area contributed by atoms with Crippen molar-refractivity contribution in [2.75, 3.05) is 25.1 Å². The van der Waals surface area contributed by atoms with Gasteiger partial charge in [0.05, 0.1) is 12.8 Å². The SMILES string of the molecule is COc1ccc(-c2cc(N3CCC[C@@H](NC(=O)c4ccccn4)C3)n[nH]2)cc1. The van der Waals surface area contributed by atoms with Crippen molar-refractivity contribution in [3.05, 3.63) is 60.4 Å². The Morgan fingerprint density at radius 1 is 1.25 bits per heavy atom. The van der Waals surface area contributed by atoms with Gasteiger partial charge in [-0.1, -0.05) is 6.07 Å². The maximum absolute atomic E-state index is 12.4. The minimum atomic E-state index is -0.131. The Kier molecular flexibility index (Phi) is 5.23. The predicted octanol–water partition coefficient (Wildman–Crippen LogP) is 2.88. The zero-order valence-electron chi connectivity index (χ0n) is 15.8. The minimum Gasteiger partial charge on any atom is -0.497 e. The van der Waals surface area contributed by atoms with Gasteiger partial charge in [-0.25, -0.2) is 0 Å². The standard InChI is InChI=1S/C21H23N5O2/c1-28-17-9-7-15(8-10-17)19-13-20(25-24-19)26-12-4-5-16(14-26)23-21(27)18-6-2-3-11-22-18/h2-3,6-11,13,16H,4-5,12,14H2,1H3,(H,23,27)(H,24,25)/t16-/m1/s1. The number of rotatable bonds is 5. The lowest BCUT2D eigenvalue weighted by molar-refractivity contribution is 0.0928. The topological polar surface area (TPSA) is 83.1 Å². The fourth-order valence-corrected chi connectivity index (χ4v) is 3.45. The van der Waals surface area contributed by atoms with Crippen molar-refractivity contribution >= 4 is 11.7 Å². The van der Waals surface area contributed by atoms with Gasteiger partial charge in [-0.15, -0.1) is 0 Å². The molecule has 1 saturated heterocycles. The molecule has 0 unspecified atom stereocenters. The van der Waals surface area contributed by atoms with Crippen LogP contribution in [-0.4, -0.2) is 47.3 Å². The first-order chi connectivity index (χ1) is 13.7. The average molecular weight is 377 g/mol. The van der Waals surface area contributed by atoms with Gasteiger partial charge in [0.15, 0.2) is 5.82 Å². The molecular weight excluding hydrogens is 354 g/mol. The smallest absolute Gasteiger partial charge is 0.270 e. The van der Waals surface area contributed by atoms with Crippen LogP contribution >= 0.6 is 0 Å². The molecule has 144 valence electrons. The van der Waals surface area contributed by atoms with Gasteiger partial charge in [0.25, 0.3) is 5.91 Å². The van der Waals surface area contributed by atoms with Crippen molar-refractivity contribution in [1.82, 2.24) is 20.5 Å². The molecule has 2 aromatic heterocycles. The van der Waals surface area contributed by atoms with E-state index in [0.29, 0.717) is 5.69 Å². The molecular formula is C21H23N5O2. The normalized spacial score (nSPS) is 16.6. The van der Waals surface area contributed by atoms with E-state index in [1.54, 1.807) is 25.4 Å². The number of anilines is 1. The number of aromatic amines is 1. The highest BCUT2D eigenvalue weighted by Gasteiger charge is 2.24. The highest BCUT2D eigenvalue weighted by atomic mass is 16.5. The first kappa shape index (κ1) is 18.0. The fourth-order valence-electron chi connectivity index (χ4n) is 3.45. The van der Waals surface area contributed by atoms with Crippen LogP contribution in [0.3, 0.4) is 0 Å². The summed E-state index contributed by atoms with van der Waals surface area (Å²) in [6.45, 7) is 1.65. The van der Waals surface area contributed by atoms with E-state index in [9.17, 15) is 4.79 Å². The molecule has 28 heavy (non-hydrogen) atoms. The second-order valence-electron chi connectivity index (χ2n) is 6.84. The lowest BCUT2D eigenvalue weighted by Gasteiger charge is -2.33. The number of nitrogens with one attached hydrogen (secondary N) is 2. The Morgan fingerprint density at radius 2 is 2.11 bits per heavy atom. The van der Waals surface area contributed by atoms with Crippen LogP contribution in [0.2, 0.25) is 0 Å². The molecule has 3 heterocycles. The number of pyridine rings is 1. The molecule has 1 aliphatic heterocycles. The zero-order valence-corrected chi connectivity index (χ0v) is 15.8. The molecule has 0 spiro atoms. The highest BCUT2D eigenvalue weighted by molar-refractivity contribution is 5.92. The van der Waals surface area contributed by atoms with Crippen molar-refractivity contribution in [2.45, 2.75) is 18.9 Å². The molecule has 4 rings (SSSR count). The number of nitrogens with zero attached hydrogens (tertiary/aromatic N) is 3. The number of piperidine rings is 1. The minimum absolute atomic E-state index is 0.0735. The number of hydrogen-bond acceptors (Lipinski definition) is 5. The molecule has 7 nitrogen and oxygen atoms in total. The molecule has 1 aromatic carbocycles. The summed E-state index contributed by atoms with van der Waals surface area (Å²) in [5, 5.41) is 10.7. The van der Waals surface area contributed by atoms with Gasteiger partial charge in [-0.3, -0.25) is 14.9 Å². The Hall–Kier alpha value is -3.35. The number of benzene rings is 1. The fraction of sp³-hybridized carbons (Fsp3) is 0.286. The van der Waals surface area contributed by atoms with Gasteiger partial charge in [0.1, 0.15) is 11.4 Å². The van der Waals surface area contributed by atoms with Crippen LogP contribution in [0.5, 0.6) is 5.75 Å². The Bertz CT molecular complexity index is 923. The third-order valence-corrected chi connectivity index (χ3v) is 4.94. The summed E-state index contributed by atoms with van der Waals surface area (Å²) >= 11 is 0. The maximum atomic E-state index is 12.4. The number of hydrogen-bond donors (Lipinski definition) is 2. The summed E-state index contributed by atoms with van der Waals surface area (Å²) in [6.07, 6.45) is 3.58. The van der Waals surface area contributed by atoms with E-state index < -0.39 is 0 Å². The van der Waals surface area contributed by atoms with Crippen LogP contribution in [0, 0.1) is 0 Å². The largest absolute Gasteiger partial charge is 0.497 e. The van der Waals surface area contributed by atoms with Gasteiger partial charge in [0.2, 0.25) is 0 Å². The van der Waals surface area contributed by atoms with E-state index in [4.69, 9.17) is 4.74 Å². The van der Waals surface area contributed by atoms with E-state index in [-0.39, 0.29) is 11.9 Å². The lowest BCUT2D eigenvalue weighted by atomic mass is 10.1. The summed E-state index contributed by atoms with van der Waals surface area (Å²) in [5.74, 6) is 1.59. The summed E-state index contributed by atoms with van der Waals surface area (Å²) in [4.78, 5) is 18.7. The number of carbonyl (C=O) groups is 1. The Balaban J connectivity index is 1.42. The lowest BCUT2D eigenvalue weighted by Crippen LogP contribution is -2.48. The zero-order chi connectivity index (χ0) is 19.3. The second kappa shape index (κ2) is 8.12. The quantitative estimate of drug-likeness (QED) is 0.714. The van der Waals surface area contributed by atoms with Gasteiger partial charge >= 0.3 is 0 Å². The highest BCUT2D eigenvalue weighted by Crippen LogP contribution is 2.25. The molecule has 3 aromatic rings. The summed E-state index contributed by atoms with van der Waals surface area (Å²) < 4.78 is 5.21. The van der Waals surface area contributed by atoms with Crippen molar-refractivity contribution in [1.29, 1.82) is 0 Å². The van der Waals surface area contributed by atoms with E-state index in [0.717, 1.165) is 48.8 Å². The predicted molar refractivity (Wildman–Crippen MR) is 108 cm³/mol. The molecule has 0 bridgehead atoms. The van der Waals surface area contributed by atoms with Gasteiger partial charge < -0.3 is 15.0 Å². The number of methoxy groups -OCH3 is 1. The van der Waals surface area contributed by atoms with Gasteiger partial charge in [-0.2, -0.15) is 5.10 Å². The van der Waals surface area contributed by atoms with Crippen molar-refractivity contribution < 1.29 is 9.53 Å². The Morgan fingerprint density at radius 3 is 2.86 bits per heavy atom. The average Bonchev–Trinajstić information content (AvgIpc) is 3.25. The summed E-state index contributed by atoms with van der Waals surface area (Å²) in [6, 6.07) is 15.3. The van der Waals surface area contributed by atoms with E-state index in [2.05, 4.69) is 25.4 Å². The van der Waals surface area contributed by atoms with Crippen LogP contribution < -0.4 is 15.0 Å². The third-order valence-electron chi connectivity index (χ3n) is 4.94. The van der Waals surface area contributed by atoms with E-state index in [1.165, 1.54) is 0 Å². The second-order valence-corrected chi connectivity index (χ2v) is 6.84. The number of carbonyl (C=O) groups excluding carboxylic acids is 1. The van der Waals surface area contributed by atoms with Crippen LogP contribution in [0.15, 0.2) is 54.7 Å². The molecule has 1 atom stereocenters. The maximum Gasteiger partial charge on any atom is 0.270 e. The molecule has 0 aliphatic carbocycles. The Labute approximate surface area is 163 Å². The molecule has 1 amide bonds. The number of H-pyrrole nitrogens is 1. The molecule has 7 heteroatoms. The first-order valence-corrected chi connectivity index (χ1v) is 9.39. The van der Waals surface area contributed by atoms with E-state index in [1.807, 2.05) is 36.4 Å². The first-order valence-electron chi connectivity index (χ1n) is 9.39. The van der Waals surface area contributed by atoms with Crippen LogP contribution in [0.25, 0.3) is 11.3 Å². The van der Waals surface area contributed by atoms with Crippen LogP contribution in [0.4, 0.5) is 5.82 Å².